The van der Waals surface area contributed by atoms with Gasteiger partial charge >= 0.3 is 0 Å². The van der Waals surface area contributed by atoms with Gasteiger partial charge in [0.2, 0.25) is 5.91 Å². The molecule has 4 fully saturated rings. The summed E-state index contributed by atoms with van der Waals surface area (Å²) in [7, 11) is 0. The van der Waals surface area contributed by atoms with Crippen LogP contribution in [-0.4, -0.2) is 92.7 Å². The van der Waals surface area contributed by atoms with Crippen molar-refractivity contribution >= 4 is 11.6 Å². The molecule has 218 valence electrons. The summed E-state index contributed by atoms with van der Waals surface area (Å²) in [5.41, 5.74) is 2.06. The van der Waals surface area contributed by atoms with Crippen LogP contribution < -0.4 is 5.32 Å². The Hall–Kier alpha value is -2.36. The van der Waals surface area contributed by atoms with Crippen molar-refractivity contribution in [3.63, 3.8) is 0 Å². The molecule has 3 heterocycles. The molecule has 2 aliphatic heterocycles. The Balaban J connectivity index is 1.18. The van der Waals surface area contributed by atoms with Crippen molar-refractivity contribution in [2.45, 2.75) is 102 Å². The van der Waals surface area contributed by atoms with Crippen molar-refractivity contribution in [3.8, 4) is 0 Å². The van der Waals surface area contributed by atoms with E-state index in [2.05, 4.69) is 64.5 Å². The third kappa shape index (κ3) is 6.74. The van der Waals surface area contributed by atoms with Gasteiger partial charge in [-0.1, -0.05) is 57.1 Å². The number of carbonyl (C=O) groups excluding carboxylic acids is 1. The molecule has 1 aromatic heterocycles. The zero-order valence-corrected chi connectivity index (χ0v) is 24.2. The largest absolute Gasteiger partial charge is 0.325 e. The summed E-state index contributed by atoms with van der Waals surface area (Å²) in [6.07, 6.45) is 16.7. The fourth-order valence-electron chi connectivity index (χ4n) is 7.57. The van der Waals surface area contributed by atoms with Gasteiger partial charge in [-0.05, 0) is 79.7 Å². The third-order valence-electron chi connectivity index (χ3n) is 9.81. The van der Waals surface area contributed by atoms with E-state index < -0.39 is 0 Å². The standard InChI is InChI=1S/C31H48N8O/c40-29(24-36-18-8-3-9-19-36)32-26-16-14-25(15-17-26)30(31-33-34-35-39(31)28-12-6-2-7-13-28)38-22-20-37(21-23-38)27-10-4-1-5-11-27/h14-17,27-28,30H,1-13,18-24H2,(H,32,40). The van der Waals surface area contributed by atoms with Gasteiger partial charge < -0.3 is 5.32 Å². The first-order valence-corrected chi connectivity index (χ1v) is 16.1. The highest BCUT2D eigenvalue weighted by atomic mass is 16.2. The molecular weight excluding hydrogens is 500 g/mol. The van der Waals surface area contributed by atoms with Crippen LogP contribution in [0.4, 0.5) is 5.69 Å². The van der Waals surface area contributed by atoms with Crippen LogP contribution >= 0.6 is 0 Å². The Morgan fingerprint density at radius 3 is 2.08 bits per heavy atom. The number of benzene rings is 1. The normalized spacial score (nSPS) is 23.7. The Bertz CT molecular complexity index is 1060. The molecule has 1 amide bonds. The molecule has 2 saturated carbocycles. The van der Waals surface area contributed by atoms with Gasteiger partial charge in [-0.3, -0.25) is 19.5 Å². The molecule has 0 spiro atoms. The van der Waals surface area contributed by atoms with Gasteiger partial charge in [-0.2, -0.15) is 0 Å². The maximum Gasteiger partial charge on any atom is 0.238 e. The van der Waals surface area contributed by atoms with Gasteiger partial charge in [0.05, 0.1) is 18.6 Å². The number of piperazine rings is 1. The van der Waals surface area contributed by atoms with Crippen molar-refractivity contribution in [2.24, 2.45) is 0 Å². The molecule has 9 heteroatoms. The summed E-state index contributed by atoms with van der Waals surface area (Å²) < 4.78 is 2.14. The number of amides is 1. The second-order valence-electron chi connectivity index (χ2n) is 12.5. The average Bonchev–Trinajstić information content (AvgIpc) is 3.49. The molecule has 1 unspecified atom stereocenters. The predicted molar refractivity (Wildman–Crippen MR) is 157 cm³/mol. The highest BCUT2D eigenvalue weighted by molar-refractivity contribution is 5.92. The van der Waals surface area contributed by atoms with Crippen LogP contribution in [0.1, 0.15) is 107 Å². The topological polar surface area (TPSA) is 82.4 Å². The molecule has 40 heavy (non-hydrogen) atoms. The number of carbonyl (C=O) groups is 1. The van der Waals surface area contributed by atoms with E-state index in [0.717, 1.165) is 69.7 Å². The quantitative estimate of drug-likeness (QED) is 0.515. The number of anilines is 1. The smallest absolute Gasteiger partial charge is 0.238 e. The van der Waals surface area contributed by atoms with E-state index in [-0.39, 0.29) is 11.9 Å². The van der Waals surface area contributed by atoms with E-state index >= 15 is 0 Å². The number of likely N-dealkylation sites (tertiary alicyclic amines) is 1. The first-order chi connectivity index (χ1) is 19.7. The summed E-state index contributed by atoms with van der Waals surface area (Å²) in [6.45, 7) is 6.79. The lowest BCUT2D eigenvalue weighted by Crippen LogP contribution is -2.52. The molecule has 1 atom stereocenters. The SMILES string of the molecule is O=C(CN1CCCCC1)Nc1ccc(C(c2nnnn2C2CCCCC2)N2CCN(C3CCCCC3)CC2)cc1. The van der Waals surface area contributed by atoms with E-state index in [1.54, 1.807) is 0 Å². The van der Waals surface area contributed by atoms with E-state index in [9.17, 15) is 4.79 Å². The molecule has 2 aliphatic carbocycles. The summed E-state index contributed by atoms with van der Waals surface area (Å²) in [6, 6.07) is 9.63. The lowest BCUT2D eigenvalue weighted by Gasteiger charge is -2.43. The molecule has 4 aliphatic rings. The van der Waals surface area contributed by atoms with Gasteiger partial charge in [0.25, 0.3) is 0 Å². The van der Waals surface area contributed by atoms with Crippen molar-refractivity contribution in [2.75, 3.05) is 51.1 Å². The van der Waals surface area contributed by atoms with Crippen LogP contribution in [0.5, 0.6) is 0 Å². The fraction of sp³-hybridized carbons (Fsp3) is 0.742. The second kappa shape index (κ2) is 13.5. The van der Waals surface area contributed by atoms with E-state index in [0.29, 0.717) is 12.6 Å². The number of hydrogen-bond donors (Lipinski definition) is 1. The van der Waals surface area contributed by atoms with E-state index in [1.807, 2.05) is 0 Å². The molecule has 1 aromatic carbocycles. The second-order valence-corrected chi connectivity index (χ2v) is 12.5. The number of nitrogens with zero attached hydrogens (tertiary/aromatic N) is 7. The molecule has 0 radical (unpaired) electrons. The van der Waals surface area contributed by atoms with Crippen molar-refractivity contribution in [3.05, 3.63) is 35.7 Å². The molecule has 2 aromatic rings. The highest BCUT2D eigenvalue weighted by Gasteiger charge is 2.34. The maximum absolute atomic E-state index is 12.7. The van der Waals surface area contributed by atoms with Crippen molar-refractivity contribution < 1.29 is 4.79 Å². The molecule has 2 saturated heterocycles. The van der Waals surface area contributed by atoms with Crippen LogP contribution in [0.2, 0.25) is 0 Å². The summed E-state index contributed by atoms with van der Waals surface area (Å²) >= 11 is 0. The number of rotatable bonds is 8. The van der Waals surface area contributed by atoms with E-state index in [4.69, 9.17) is 0 Å². The zero-order valence-electron chi connectivity index (χ0n) is 24.2. The van der Waals surface area contributed by atoms with Gasteiger partial charge in [-0.15, -0.1) is 5.10 Å². The minimum Gasteiger partial charge on any atom is -0.325 e. The van der Waals surface area contributed by atoms with Crippen LogP contribution in [0.15, 0.2) is 24.3 Å². The van der Waals surface area contributed by atoms with Gasteiger partial charge in [0, 0.05) is 37.9 Å². The molecule has 0 bridgehead atoms. The Labute approximate surface area is 239 Å². The van der Waals surface area contributed by atoms with Gasteiger partial charge in [0.1, 0.15) is 0 Å². The first-order valence-electron chi connectivity index (χ1n) is 16.1. The lowest BCUT2D eigenvalue weighted by molar-refractivity contribution is -0.117. The number of aromatic nitrogens is 4. The molecular formula is C31H48N8O. The first kappa shape index (κ1) is 27.8. The maximum atomic E-state index is 12.7. The Morgan fingerprint density at radius 1 is 0.775 bits per heavy atom. The van der Waals surface area contributed by atoms with Crippen LogP contribution in [0, 0.1) is 0 Å². The minimum atomic E-state index is 0.0172. The minimum absolute atomic E-state index is 0.0172. The third-order valence-corrected chi connectivity index (χ3v) is 9.81. The molecule has 1 N–H and O–H groups in total. The van der Waals surface area contributed by atoms with Crippen LogP contribution in [0.3, 0.4) is 0 Å². The fourth-order valence-corrected chi connectivity index (χ4v) is 7.57. The number of tetrazole rings is 1. The highest BCUT2D eigenvalue weighted by Crippen LogP contribution is 2.35. The summed E-state index contributed by atoms with van der Waals surface area (Å²) in [5, 5.41) is 16.5. The summed E-state index contributed by atoms with van der Waals surface area (Å²) in [5.74, 6) is 1.05. The van der Waals surface area contributed by atoms with Gasteiger partial charge in [-0.25, -0.2) is 4.68 Å². The number of nitrogens with one attached hydrogen (secondary N) is 1. The van der Waals surface area contributed by atoms with Gasteiger partial charge in [0.15, 0.2) is 5.82 Å². The number of hydrogen-bond acceptors (Lipinski definition) is 7. The average molecular weight is 549 g/mol. The molecule has 6 rings (SSSR count). The van der Waals surface area contributed by atoms with Crippen LogP contribution in [0.25, 0.3) is 0 Å². The monoisotopic (exact) mass is 548 g/mol. The summed E-state index contributed by atoms with van der Waals surface area (Å²) in [4.78, 5) is 20.3. The Kier molecular flexibility index (Phi) is 9.40. The predicted octanol–water partition coefficient (Wildman–Crippen LogP) is 4.64. The van der Waals surface area contributed by atoms with Crippen molar-refractivity contribution in [1.82, 2.24) is 34.9 Å². The van der Waals surface area contributed by atoms with E-state index in [1.165, 1.54) is 76.2 Å². The van der Waals surface area contributed by atoms with Crippen molar-refractivity contribution in [1.29, 1.82) is 0 Å². The Morgan fingerprint density at radius 2 is 1.40 bits per heavy atom. The number of piperidine rings is 1. The van der Waals surface area contributed by atoms with Crippen LogP contribution in [-0.2, 0) is 4.79 Å². The molecule has 9 nitrogen and oxygen atoms in total. The lowest BCUT2D eigenvalue weighted by atomic mass is 9.93. The zero-order chi connectivity index (χ0) is 27.1.